The highest BCUT2D eigenvalue weighted by Gasteiger charge is 2.18. The second-order valence-electron chi connectivity index (χ2n) is 2.13. The molecule has 0 bridgehead atoms. The van der Waals surface area contributed by atoms with Crippen molar-refractivity contribution in [3.05, 3.63) is 32.9 Å². The topological polar surface area (TPSA) is 122 Å². The third-order valence-corrected chi connectivity index (χ3v) is 1.45. The molecule has 1 rings (SSSR count). The molecule has 0 amide bonds. The lowest BCUT2D eigenvalue weighted by Crippen LogP contribution is -2.34. The molecule has 0 saturated carbocycles. The van der Waals surface area contributed by atoms with Crippen molar-refractivity contribution in [2.24, 2.45) is 0 Å². The Morgan fingerprint density at radius 1 is 1.50 bits per heavy atom. The summed E-state index contributed by atoms with van der Waals surface area (Å²) >= 11 is 0. The van der Waals surface area contributed by atoms with Crippen LogP contribution in [0.3, 0.4) is 0 Å². The highest BCUT2D eigenvalue weighted by atomic mass is 31.2. The van der Waals surface area contributed by atoms with E-state index in [1.165, 1.54) is 4.98 Å². The van der Waals surface area contributed by atoms with Crippen molar-refractivity contribution in [2.45, 2.75) is 0 Å². The lowest BCUT2D eigenvalue weighted by molar-refractivity contribution is 0.165. The SMILES string of the molecule is O=c1[nH]c(=O)n(OP(=O)(O)O)cc1F. The van der Waals surface area contributed by atoms with Gasteiger partial charge in [-0.15, -0.1) is 4.73 Å². The zero-order chi connectivity index (χ0) is 10.9. The monoisotopic (exact) mass is 226 g/mol. The van der Waals surface area contributed by atoms with Crippen LogP contribution >= 0.6 is 7.82 Å². The van der Waals surface area contributed by atoms with Crippen molar-refractivity contribution in [1.29, 1.82) is 0 Å². The van der Waals surface area contributed by atoms with Crippen molar-refractivity contribution >= 4 is 7.82 Å². The van der Waals surface area contributed by atoms with Crippen LogP contribution in [0.2, 0.25) is 0 Å². The summed E-state index contributed by atoms with van der Waals surface area (Å²) < 4.78 is 26.4. The summed E-state index contributed by atoms with van der Waals surface area (Å²) in [4.78, 5) is 39.2. The van der Waals surface area contributed by atoms with Crippen molar-refractivity contribution in [1.82, 2.24) is 9.71 Å². The lowest BCUT2D eigenvalue weighted by Gasteiger charge is -2.06. The van der Waals surface area contributed by atoms with E-state index in [0.717, 1.165) is 0 Å². The summed E-state index contributed by atoms with van der Waals surface area (Å²) in [5.74, 6) is -1.40. The first-order valence-corrected chi connectivity index (χ1v) is 4.60. The maximum atomic E-state index is 12.5. The highest BCUT2D eigenvalue weighted by Crippen LogP contribution is 2.30. The molecule has 10 heteroatoms. The van der Waals surface area contributed by atoms with E-state index in [0.29, 0.717) is 0 Å². The maximum Gasteiger partial charge on any atom is 0.544 e. The Morgan fingerprint density at radius 3 is 2.57 bits per heavy atom. The fourth-order valence-electron chi connectivity index (χ4n) is 0.607. The molecule has 3 N–H and O–H groups in total. The van der Waals surface area contributed by atoms with Gasteiger partial charge in [-0.3, -0.25) is 19.6 Å². The van der Waals surface area contributed by atoms with Gasteiger partial charge >= 0.3 is 13.5 Å². The van der Waals surface area contributed by atoms with Crippen LogP contribution in [0.1, 0.15) is 0 Å². The molecule has 0 unspecified atom stereocenters. The maximum absolute atomic E-state index is 12.5. The number of hydrogen-bond donors (Lipinski definition) is 3. The normalized spacial score (nSPS) is 11.4. The second-order valence-corrected chi connectivity index (χ2v) is 3.28. The molecule has 1 heterocycles. The molecule has 0 saturated heterocycles. The predicted octanol–water partition coefficient (Wildman–Crippen LogP) is -1.80. The molecule has 0 aliphatic heterocycles. The van der Waals surface area contributed by atoms with Crippen LogP contribution in [0.15, 0.2) is 15.8 Å². The van der Waals surface area contributed by atoms with Gasteiger partial charge in [-0.1, -0.05) is 0 Å². The fourth-order valence-corrected chi connectivity index (χ4v) is 0.958. The Bertz CT molecular complexity index is 499. The van der Waals surface area contributed by atoms with Crippen molar-refractivity contribution in [2.75, 3.05) is 0 Å². The van der Waals surface area contributed by atoms with E-state index >= 15 is 0 Å². The number of aromatic nitrogens is 2. The number of aromatic amines is 1. The summed E-state index contributed by atoms with van der Waals surface area (Å²) in [5.41, 5.74) is -2.60. The molecular formula is C4H4FN2O6P. The summed E-state index contributed by atoms with van der Waals surface area (Å²) in [6.45, 7) is 0. The van der Waals surface area contributed by atoms with E-state index in [-0.39, 0.29) is 10.9 Å². The molecular weight excluding hydrogens is 222 g/mol. The van der Waals surface area contributed by atoms with Gasteiger partial charge in [-0.25, -0.2) is 9.36 Å². The number of nitrogens with one attached hydrogen (secondary N) is 1. The van der Waals surface area contributed by atoms with Crippen LogP contribution in [-0.2, 0) is 4.57 Å². The molecule has 0 aromatic carbocycles. The molecule has 0 fully saturated rings. The quantitative estimate of drug-likeness (QED) is 0.511. The van der Waals surface area contributed by atoms with E-state index in [2.05, 4.69) is 4.62 Å². The van der Waals surface area contributed by atoms with Gasteiger partial charge in [0.05, 0.1) is 6.20 Å². The molecule has 0 atom stereocenters. The molecule has 14 heavy (non-hydrogen) atoms. The Labute approximate surface area is 74.8 Å². The van der Waals surface area contributed by atoms with E-state index < -0.39 is 24.9 Å². The standard InChI is InChI=1S/C4H4FN2O6P/c5-2-1-7(13-14(10,11)12)4(9)6-3(2)8/h1H,(H,6,8,9)(H2,10,11,12). The first-order valence-electron chi connectivity index (χ1n) is 3.07. The van der Waals surface area contributed by atoms with E-state index in [9.17, 15) is 18.5 Å². The molecule has 0 spiro atoms. The Balaban J connectivity index is 3.24. The largest absolute Gasteiger partial charge is 0.544 e. The first-order chi connectivity index (χ1) is 6.29. The minimum Gasteiger partial charge on any atom is -0.307 e. The predicted molar refractivity (Wildman–Crippen MR) is 39.9 cm³/mol. The van der Waals surface area contributed by atoms with E-state index in [1.807, 2.05) is 0 Å². The Morgan fingerprint density at radius 2 is 2.07 bits per heavy atom. The molecule has 1 aromatic rings. The Hall–Kier alpha value is -1.44. The summed E-state index contributed by atoms with van der Waals surface area (Å²) in [6, 6.07) is 0. The van der Waals surface area contributed by atoms with Crippen LogP contribution in [0.5, 0.6) is 0 Å². The third kappa shape index (κ3) is 2.52. The summed E-state index contributed by atoms with van der Waals surface area (Å²) in [7, 11) is -4.98. The minimum absolute atomic E-state index is 0.0997. The average Bonchev–Trinajstić information content (AvgIpc) is 1.97. The fraction of sp³-hybridized carbons (Fsp3) is 0. The summed E-state index contributed by atoms with van der Waals surface area (Å²) in [6.07, 6.45) is 0.222. The Kier molecular flexibility index (Phi) is 2.56. The number of rotatable bonds is 2. The second kappa shape index (κ2) is 3.37. The first kappa shape index (κ1) is 10.6. The molecule has 8 nitrogen and oxygen atoms in total. The number of halogens is 1. The zero-order valence-corrected chi connectivity index (χ0v) is 7.27. The lowest BCUT2D eigenvalue weighted by atomic mass is 10.6. The van der Waals surface area contributed by atoms with Crippen molar-refractivity contribution in [3.63, 3.8) is 0 Å². The van der Waals surface area contributed by atoms with Crippen LogP contribution in [0.4, 0.5) is 4.39 Å². The van der Waals surface area contributed by atoms with E-state index in [1.54, 1.807) is 0 Å². The van der Waals surface area contributed by atoms with Crippen molar-refractivity contribution in [3.8, 4) is 0 Å². The molecule has 0 radical (unpaired) electrons. The number of phosphoric acid groups is 1. The van der Waals surface area contributed by atoms with Gasteiger partial charge in [0.1, 0.15) is 0 Å². The van der Waals surface area contributed by atoms with Gasteiger partial charge in [0.2, 0.25) is 5.82 Å². The van der Waals surface area contributed by atoms with Gasteiger partial charge in [0, 0.05) is 0 Å². The van der Waals surface area contributed by atoms with Gasteiger partial charge in [-0.05, 0) is 0 Å². The third-order valence-electron chi connectivity index (χ3n) is 1.06. The van der Waals surface area contributed by atoms with Gasteiger partial charge in [0.25, 0.3) is 5.56 Å². The number of H-pyrrole nitrogens is 1. The van der Waals surface area contributed by atoms with Crippen LogP contribution < -0.4 is 15.9 Å². The molecule has 0 aliphatic rings. The highest BCUT2D eigenvalue weighted by molar-refractivity contribution is 7.46. The molecule has 0 aliphatic carbocycles. The van der Waals surface area contributed by atoms with Crippen LogP contribution in [0, 0.1) is 5.82 Å². The smallest absolute Gasteiger partial charge is 0.307 e. The van der Waals surface area contributed by atoms with Crippen LogP contribution in [0.25, 0.3) is 0 Å². The zero-order valence-electron chi connectivity index (χ0n) is 6.38. The number of nitrogens with zero attached hydrogens (tertiary/aromatic N) is 1. The number of hydrogen-bond acceptors (Lipinski definition) is 4. The van der Waals surface area contributed by atoms with Gasteiger partial charge in [-0.2, -0.15) is 4.39 Å². The van der Waals surface area contributed by atoms with Gasteiger partial charge in [0.15, 0.2) is 0 Å². The van der Waals surface area contributed by atoms with E-state index in [4.69, 9.17) is 9.79 Å². The average molecular weight is 226 g/mol. The van der Waals surface area contributed by atoms with Gasteiger partial charge < -0.3 is 4.62 Å². The molecule has 1 aromatic heterocycles. The van der Waals surface area contributed by atoms with Crippen molar-refractivity contribution < 1.29 is 23.4 Å². The van der Waals surface area contributed by atoms with Crippen LogP contribution in [-0.4, -0.2) is 19.5 Å². The summed E-state index contributed by atoms with van der Waals surface area (Å²) in [5, 5.41) is 0. The minimum atomic E-state index is -4.98. The molecule has 78 valence electrons.